The second kappa shape index (κ2) is 4.59. The minimum Gasteiger partial charge on any atom is -0.191 e. The zero-order valence-corrected chi connectivity index (χ0v) is 11.1. The van der Waals surface area contributed by atoms with Crippen LogP contribution in [-0.4, -0.2) is 26.1 Å². The van der Waals surface area contributed by atoms with E-state index in [9.17, 15) is 0 Å². The highest BCUT2D eigenvalue weighted by Gasteiger charge is 2.12. The predicted octanol–water partition coefficient (Wildman–Crippen LogP) is 3.17. The Balaban J connectivity index is 2.28. The second-order valence-corrected chi connectivity index (χ2v) is 4.89. The predicted molar refractivity (Wildman–Crippen MR) is 73.0 cm³/mol. The lowest BCUT2D eigenvalue weighted by Gasteiger charge is -2.04. The van der Waals surface area contributed by atoms with Crippen molar-refractivity contribution < 1.29 is 0 Å². The number of nitrogens with zero attached hydrogens (tertiary/aromatic N) is 4. The van der Waals surface area contributed by atoms with Crippen LogP contribution >= 0.6 is 23.4 Å². The number of halogens is 1. The molecule has 0 amide bonds. The molecule has 0 unspecified atom stereocenters. The number of hydrogen-bond donors (Lipinski definition) is 0. The van der Waals surface area contributed by atoms with Crippen LogP contribution in [0.5, 0.6) is 0 Å². The summed E-state index contributed by atoms with van der Waals surface area (Å²) in [6.45, 7) is 0. The molecule has 0 fully saturated rings. The number of benzene rings is 1. The Kier molecular flexibility index (Phi) is 2.93. The zero-order chi connectivity index (χ0) is 12.5. The standard InChI is InChI=1S/C12H9ClN4S/c1-18-9-5-3-2-4-8(9)12-15-14-11-7-6-10(13)16-17(11)12/h2-7H,1H3. The van der Waals surface area contributed by atoms with E-state index in [4.69, 9.17) is 11.6 Å². The van der Waals surface area contributed by atoms with Crippen LogP contribution < -0.4 is 0 Å². The molecule has 2 aromatic heterocycles. The van der Waals surface area contributed by atoms with Crippen LogP contribution in [0.2, 0.25) is 5.15 Å². The van der Waals surface area contributed by atoms with Crippen LogP contribution in [0.1, 0.15) is 0 Å². The van der Waals surface area contributed by atoms with Gasteiger partial charge in [-0.25, -0.2) is 0 Å². The smallest absolute Gasteiger partial charge is 0.186 e. The van der Waals surface area contributed by atoms with Crippen molar-refractivity contribution in [3.05, 3.63) is 41.6 Å². The van der Waals surface area contributed by atoms with Gasteiger partial charge in [-0.05, 0) is 30.5 Å². The molecule has 0 atom stereocenters. The molecule has 0 saturated heterocycles. The van der Waals surface area contributed by atoms with E-state index in [1.54, 1.807) is 28.4 Å². The number of aromatic nitrogens is 4. The molecule has 0 aliphatic rings. The Hall–Kier alpha value is -1.59. The number of rotatable bonds is 2. The Morgan fingerprint density at radius 2 is 1.94 bits per heavy atom. The molecule has 4 nitrogen and oxygen atoms in total. The van der Waals surface area contributed by atoms with Gasteiger partial charge in [-0.15, -0.1) is 22.0 Å². The van der Waals surface area contributed by atoms with Crippen molar-refractivity contribution >= 4 is 29.0 Å². The molecule has 0 spiro atoms. The molecule has 90 valence electrons. The number of thioether (sulfide) groups is 1. The fraction of sp³-hybridized carbons (Fsp3) is 0.0833. The molecule has 0 radical (unpaired) electrons. The first-order valence-corrected chi connectivity index (χ1v) is 6.91. The van der Waals surface area contributed by atoms with Gasteiger partial charge in [0.1, 0.15) is 5.15 Å². The minimum absolute atomic E-state index is 0.421. The normalized spacial score (nSPS) is 11.0. The Morgan fingerprint density at radius 3 is 2.78 bits per heavy atom. The van der Waals surface area contributed by atoms with Gasteiger partial charge >= 0.3 is 0 Å². The summed E-state index contributed by atoms with van der Waals surface area (Å²) < 4.78 is 1.66. The van der Waals surface area contributed by atoms with Crippen LogP contribution in [0.25, 0.3) is 17.0 Å². The lowest BCUT2D eigenvalue weighted by Crippen LogP contribution is -1.95. The van der Waals surface area contributed by atoms with E-state index < -0.39 is 0 Å². The van der Waals surface area contributed by atoms with E-state index in [-0.39, 0.29) is 0 Å². The molecule has 3 rings (SSSR count). The molecule has 1 aromatic carbocycles. The summed E-state index contributed by atoms with van der Waals surface area (Å²) in [7, 11) is 0. The highest BCUT2D eigenvalue weighted by atomic mass is 35.5. The van der Waals surface area contributed by atoms with Gasteiger partial charge in [-0.2, -0.15) is 9.61 Å². The quantitative estimate of drug-likeness (QED) is 0.674. The molecule has 6 heteroatoms. The summed E-state index contributed by atoms with van der Waals surface area (Å²) in [5, 5.41) is 12.9. The third kappa shape index (κ3) is 1.85. The lowest BCUT2D eigenvalue weighted by atomic mass is 10.2. The minimum atomic E-state index is 0.421. The van der Waals surface area contributed by atoms with E-state index in [0.29, 0.717) is 16.6 Å². The van der Waals surface area contributed by atoms with Gasteiger partial charge in [0.05, 0.1) is 0 Å². The van der Waals surface area contributed by atoms with Crippen LogP contribution in [0.15, 0.2) is 41.3 Å². The van der Waals surface area contributed by atoms with Crippen molar-refractivity contribution in [2.24, 2.45) is 0 Å². The second-order valence-electron chi connectivity index (χ2n) is 3.65. The topological polar surface area (TPSA) is 43.1 Å². The highest BCUT2D eigenvalue weighted by molar-refractivity contribution is 7.98. The molecule has 0 N–H and O–H groups in total. The molecular weight excluding hydrogens is 268 g/mol. The first-order chi connectivity index (χ1) is 8.79. The van der Waals surface area contributed by atoms with Gasteiger partial charge in [-0.3, -0.25) is 0 Å². The van der Waals surface area contributed by atoms with Gasteiger partial charge in [-0.1, -0.05) is 23.7 Å². The van der Waals surface area contributed by atoms with Crippen LogP contribution in [0.3, 0.4) is 0 Å². The van der Waals surface area contributed by atoms with Gasteiger partial charge in [0.25, 0.3) is 0 Å². The molecule has 0 saturated carbocycles. The van der Waals surface area contributed by atoms with Gasteiger partial charge < -0.3 is 0 Å². The van der Waals surface area contributed by atoms with E-state index in [2.05, 4.69) is 15.3 Å². The fourth-order valence-electron chi connectivity index (χ4n) is 1.76. The van der Waals surface area contributed by atoms with Gasteiger partial charge in [0.2, 0.25) is 0 Å². The SMILES string of the molecule is CSc1ccccc1-c1nnc2ccc(Cl)nn12. The number of hydrogen-bond acceptors (Lipinski definition) is 4. The summed E-state index contributed by atoms with van der Waals surface area (Å²) in [5.41, 5.74) is 1.69. The maximum Gasteiger partial charge on any atom is 0.186 e. The van der Waals surface area contributed by atoms with Crippen LogP contribution in [0.4, 0.5) is 0 Å². The number of fused-ring (bicyclic) bond motifs is 1. The van der Waals surface area contributed by atoms with Crippen LogP contribution in [0, 0.1) is 0 Å². The molecule has 0 aliphatic carbocycles. The van der Waals surface area contributed by atoms with Crippen molar-refractivity contribution in [2.75, 3.05) is 6.26 Å². The Morgan fingerprint density at radius 1 is 1.11 bits per heavy atom. The van der Waals surface area contributed by atoms with E-state index in [1.165, 1.54) is 0 Å². The average molecular weight is 277 g/mol. The summed E-state index contributed by atoms with van der Waals surface area (Å²) in [6.07, 6.45) is 2.03. The van der Waals surface area contributed by atoms with Gasteiger partial charge in [0, 0.05) is 10.5 Å². The van der Waals surface area contributed by atoms with Crippen molar-refractivity contribution in [1.82, 2.24) is 19.8 Å². The largest absolute Gasteiger partial charge is 0.191 e. The average Bonchev–Trinajstić information content (AvgIpc) is 2.81. The van der Waals surface area contributed by atoms with Crippen molar-refractivity contribution in [3.8, 4) is 11.4 Å². The summed E-state index contributed by atoms with van der Waals surface area (Å²) in [4.78, 5) is 1.13. The fourth-order valence-corrected chi connectivity index (χ4v) is 2.50. The van der Waals surface area contributed by atoms with Crippen LogP contribution in [-0.2, 0) is 0 Å². The lowest BCUT2D eigenvalue weighted by molar-refractivity contribution is 0.933. The molecule has 0 bridgehead atoms. The maximum atomic E-state index is 5.92. The first kappa shape index (κ1) is 11.5. The summed E-state index contributed by atoms with van der Waals surface area (Å²) in [6, 6.07) is 11.5. The third-order valence-electron chi connectivity index (χ3n) is 2.58. The van der Waals surface area contributed by atoms with Gasteiger partial charge in [0.15, 0.2) is 11.5 Å². The highest BCUT2D eigenvalue weighted by Crippen LogP contribution is 2.28. The summed E-state index contributed by atoms with van der Waals surface area (Å²) in [5.74, 6) is 0.706. The first-order valence-electron chi connectivity index (χ1n) is 5.31. The molecule has 3 aromatic rings. The van der Waals surface area contributed by atoms with Crippen molar-refractivity contribution in [3.63, 3.8) is 0 Å². The molecule has 2 heterocycles. The molecule has 0 aliphatic heterocycles. The zero-order valence-electron chi connectivity index (χ0n) is 9.54. The van der Waals surface area contributed by atoms with Crippen molar-refractivity contribution in [1.29, 1.82) is 0 Å². The Labute approximate surface area is 113 Å². The summed E-state index contributed by atoms with van der Waals surface area (Å²) >= 11 is 7.58. The Bertz CT molecular complexity index is 710. The van der Waals surface area contributed by atoms with E-state index >= 15 is 0 Å². The molecular formula is C12H9ClN4S. The van der Waals surface area contributed by atoms with E-state index in [1.807, 2.05) is 30.5 Å². The van der Waals surface area contributed by atoms with E-state index in [0.717, 1.165) is 10.5 Å². The van der Waals surface area contributed by atoms with Crippen molar-refractivity contribution in [2.45, 2.75) is 4.90 Å². The third-order valence-corrected chi connectivity index (χ3v) is 3.58. The monoisotopic (exact) mass is 276 g/mol. The molecule has 18 heavy (non-hydrogen) atoms. The maximum absolute atomic E-state index is 5.92.